The van der Waals surface area contributed by atoms with Crippen LogP contribution in [0.1, 0.15) is 264 Å². The van der Waals surface area contributed by atoms with E-state index in [-0.39, 0.29) is 0 Å². The van der Waals surface area contributed by atoms with Crippen LogP contribution in [-0.4, -0.2) is 57.3 Å². The molecule has 0 saturated carbocycles. The van der Waals surface area contributed by atoms with Gasteiger partial charge < -0.3 is 25.7 Å². The molecule has 0 aliphatic rings. The van der Waals surface area contributed by atoms with Crippen LogP contribution in [0.4, 0.5) is 0 Å². The highest BCUT2D eigenvalue weighted by molar-refractivity contribution is 5.80. The van der Waals surface area contributed by atoms with E-state index in [4.69, 9.17) is 0 Å². The summed E-state index contributed by atoms with van der Waals surface area (Å²) < 4.78 is 0. The summed E-state index contributed by atoms with van der Waals surface area (Å²) in [7, 11) is 0. The number of aliphatic hydroxyl groups excluding tert-OH is 4. The van der Waals surface area contributed by atoms with Crippen molar-refractivity contribution in [3.05, 3.63) is 0 Å². The SMILES string of the molecule is CCCCCCCCCCCCCCCCCCCCCCCCCCC[C@H](O)C(=O)N[C@@H](CO)[C@H](O)[C@H](O)CCCCCCCCCCCCCC. The van der Waals surface area contributed by atoms with Gasteiger partial charge in [0.25, 0.3) is 0 Å². The first kappa shape index (κ1) is 52.3. The van der Waals surface area contributed by atoms with Crippen molar-refractivity contribution in [3.63, 3.8) is 0 Å². The predicted molar refractivity (Wildman–Crippen MR) is 228 cm³/mol. The van der Waals surface area contributed by atoms with E-state index in [1.165, 1.54) is 199 Å². The van der Waals surface area contributed by atoms with Crippen molar-refractivity contribution in [1.82, 2.24) is 5.32 Å². The molecule has 4 atom stereocenters. The van der Waals surface area contributed by atoms with E-state index in [0.717, 1.165) is 38.5 Å². The summed E-state index contributed by atoms with van der Waals surface area (Å²) in [5.74, 6) is -0.579. The van der Waals surface area contributed by atoms with Crippen molar-refractivity contribution in [3.8, 4) is 0 Å². The summed E-state index contributed by atoms with van der Waals surface area (Å²) in [5, 5.41) is 43.7. The minimum Gasteiger partial charge on any atom is -0.394 e. The van der Waals surface area contributed by atoms with Gasteiger partial charge in [0.1, 0.15) is 12.2 Å². The average molecular weight is 754 g/mol. The van der Waals surface area contributed by atoms with E-state index >= 15 is 0 Å². The molecule has 0 spiro atoms. The Bertz CT molecular complexity index is 721. The van der Waals surface area contributed by atoms with Crippen molar-refractivity contribution < 1.29 is 25.2 Å². The van der Waals surface area contributed by atoms with Gasteiger partial charge in [0.05, 0.1) is 18.8 Å². The average Bonchev–Trinajstić information content (AvgIpc) is 3.16. The first-order chi connectivity index (χ1) is 26.0. The third-order valence-corrected chi connectivity index (χ3v) is 11.6. The first-order valence-corrected chi connectivity index (χ1v) is 23.9. The number of hydrogen-bond acceptors (Lipinski definition) is 5. The van der Waals surface area contributed by atoms with Crippen LogP contribution in [0, 0.1) is 0 Å². The fourth-order valence-corrected chi connectivity index (χ4v) is 7.76. The van der Waals surface area contributed by atoms with Gasteiger partial charge in [-0.3, -0.25) is 4.79 Å². The highest BCUT2D eigenvalue weighted by Gasteiger charge is 2.28. The Labute approximate surface area is 330 Å². The Morgan fingerprint density at radius 1 is 0.396 bits per heavy atom. The fraction of sp³-hybridized carbons (Fsp3) is 0.979. The summed E-state index contributed by atoms with van der Waals surface area (Å²) in [6.45, 7) is 4.06. The van der Waals surface area contributed by atoms with Gasteiger partial charge in [0.15, 0.2) is 0 Å². The number of carbonyl (C=O) groups is 1. The summed E-state index contributed by atoms with van der Waals surface area (Å²) in [6, 6.07) is -0.978. The number of hydrogen-bond donors (Lipinski definition) is 5. The van der Waals surface area contributed by atoms with Crippen LogP contribution >= 0.6 is 0 Å². The van der Waals surface area contributed by atoms with Crippen LogP contribution in [-0.2, 0) is 4.79 Å². The molecule has 318 valence electrons. The van der Waals surface area contributed by atoms with E-state index < -0.39 is 36.9 Å². The fourth-order valence-electron chi connectivity index (χ4n) is 7.76. The van der Waals surface area contributed by atoms with Gasteiger partial charge >= 0.3 is 0 Å². The molecule has 1 amide bonds. The molecule has 0 aliphatic heterocycles. The molecule has 6 heteroatoms. The number of rotatable bonds is 44. The van der Waals surface area contributed by atoms with Gasteiger partial charge in [-0.1, -0.05) is 251 Å². The van der Waals surface area contributed by atoms with E-state index in [0.29, 0.717) is 12.8 Å². The maximum atomic E-state index is 12.5. The van der Waals surface area contributed by atoms with Crippen molar-refractivity contribution in [2.24, 2.45) is 0 Å². The molecule has 6 nitrogen and oxygen atoms in total. The Morgan fingerprint density at radius 2 is 0.642 bits per heavy atom. The van der Waals surface area contributed by atoms with Crippen molar-refractivity contribution >= 4 is 5.91 Å². The molecule has 0 rings (SSSR count). The molecule has 0 radical (unpaired) electrons. The molecular formula is C47H95NO5. The molecule has 5 N–H and O–H groups in total. The predicted octanol–water partition coefficient (Wildman–Crippen LogP) is 12.8. The highest BCUT2D eigenvalue weighted by Crippen LogP contribution is 2.18. The zero-order chi connectivity index (χ0) is 38.9. The van der Waals surface area contributed by atoms with E-state index in [1.54, 1.807) is 0 Å². The second-order valence-electron chi connectivity index (χ2n) is 16.8. The van der Waals surface area contributed by atoms with Gasteiger partial charge in [-0.25, -0.2) is 0 Å². The molecule has 0 aromatic carbocycles. The zero-order valence-corrected chi connectivity index (χ0v) is 35.8. The minimum atomic E-state index is -1.25. The van der Waals surface area contributed by atoms with Gasteiger partial charge in [0, 0.05) is 0 Å². The van der Waals surface area contributed by atoms with Gasteiger partial charge in [-0.2, -0.15) is 0 Å². The lowest BCUT2D eigenvalue weighted by molar-refractivity contribution is -0.132. The number of unbranched alkanes of at least 4 members (excludes halogenated alkanes) is 35. The molecule has 0 aliphatic carbocycles. The Morgan fingerprint density at radius 3 is 0.906 bits per heavy atom. The molecule has 0 bridgehead atoms. The van der Waals surface area contributed by atoms with Crippen LogP contribution < -0.4 is 5.32 Å². The quantitative estimate of drug-likeness (QED) is 0.0398. The first-order valence-electron chi connectivity index (χ1n) is 23.9. The van der Waals surface area contributed by atoms with Gasteiger partial charge in [-0.15, -0.1) is 0 Å². The Balaban J connectivity index is 3.60. The summed E-state index contributed by atoms with van der Waals surface area (Å²) in [5.41, 5.74) is 0. The maximum Gasteiger partial charge on any atom is 0.249 e. The third kappa shape index (κ3) is 36.7. The number of aliphatic hydroxyl groups is 4. The van der Waals surface area contributed by atoms with Crippen LogP contribution in [0.2, 0.25) is 0 Å². The third-order valence-electron chi connectivity index (χ3n) is 11.6. The minimum absolute atomic E-state index is 0.376. The standard InChI is InChI=1S/C47H95NO5/c1-3-5-7-9-11-13-15-17-18-19-20-21-22-23-24-25-26-27-28-29-31-33-35-37-39-41-45(51)47(53)48-43(42-49)46(52)44(50)40-38-36-34-32-30-16-14-12-10-8-6-4-2/h43-46,49-52H,3-42H2,1-2H3,(H,48,53)/t43-,44+,45-,46-/m0/s1. The molecule has 0 aromatic heterocycles. The molecule has 53 heavy (non-hydrogen) atoms. The second kappa shape index (κ2) is 42.5. The normalized spacial score (nSPS) is 14.0. The largest absolute Gasteiger partial charge is 0.394 e. The maximum absolute atomic E-state index is 12.5. The summed E-state index contributed by atoms with van der Waals surface area (Å²) in [4.78, 5) is 12.5. The van der Waals surface area contributed by atoms with E-state index in [9.17, 15) is 25.2 Å². The molecule has 0 unspecified atom stereocenters. The lowest BCUT2D eigenvalue weighted by atomic mass is 9.99. The lowest BCUT2D eigenvalue weighted by Crippen LogP contribution is -2.53. The number of carbonyl (C=O) groups excluding carboxylic acids is 1. The summed E-state index contributed by atoms with van der Waals surface area (Å²) >= 11 is 0. The molecular weight excluding hydrogens is 659 g/mol. The highest BCUT2D eigenvalue weighted by atomic mass is 16.3. The van der Waals surface area contributed by atoms with Gasteiger partial charge in [0.2, 0.25) is 5.91 Å². The molecule has 0 fully saturated rings. The van der Waals surface area contributed by atoms with Crippen molar-refractivity contribution in [2.45, 2.75) is 289 Å². The monoisotopic (exact) mass is 754 g/mol. The van der Waals surface area contributed by atoms with Crippen LogP contribution in [0.15, 0.2) is 0 Å². The summed E-state index contributed by atoms with van der Waals surface area (Å²) in [6.07, 6.45) is 45.8. The lowest BCUT2D eigenvalue weighted by Gasteiger charge is -2.27. The second-order valence-corrected chi connectivity index (χ2v) is 16.8. The number of nitrogens with one attached hydrogen (secondary N) is 1. The molecule has 0 saturated heterocycles. The Kier molecular flexibility index (Phi) is 41.9. The van der Waals surface area contributed by atoms with E-state index in [1.807, 2.05) is 0 Å². The molecule has 0 heterocycles. The van der Waals surface area contributed by atoms with Crippen molar-refractivity contribution in [2.75, 3.05) is 6.61 Å². The zero-order valence-electron chi connectivity index (χ0n) is 35.8. The molecule has 0 aromatic rings. The van der Waals surface area contributed by atoms with Crippen molar-refractivity contribution in [1.29, 1.82) is 0 Å². The van der Waals surface area contributed by atoms with E-state index in [2.05, 4.69) is 19.2 Å². The number of amides is 1. The van der Waals surface area contributed by atoms with Crippen LogP contribution in [0.25, 0.3) is 0 Å². The van der Waals surface area contributed by atoms with Crippen LogP contribution in [0.3, 0.4) is 0 Å². The van der Waals surface area contributed by atoms with Gasteiger partial charge in [-0.05, 0) is 12.8 Å². The smallest absolute Gasteiger partial charge is 0.249 e. The van der Waals surface area contributed by atoms with Crippen LogP contribution in [0.5, 0.6) is 0 Å². The Hall–Kier alpha value is -0.690. The topological polar surface area (TPSA) is 110 Å².